The van der Waals surface area contributed by atoms with E-state index in [-0.39, 0.29) is 0 Å². The van der Waals surface area contributed by atoms with Gasteiger partial charge in [0.15, 0.2) is 5.76 Å². The zero-order valence-electron chi connectivity index (χ0n) is 6.71. The minimum atomic E-state index is 0.336. The molecule has 5 nitrogen and oxygen atoms in total. The van der Waals surface area contributed by atoms with E-state index in [2.05, 4.69) is 21.4 Å². The molecule has 0 aliphatic rings. The van der Waals surface area contributed by atoms with Crippen LogP contribution in [0.1, 0.15) is 0 Å². The van der Waals surface area contributed by atoms with Crippen molar-refractivity contribution in [1.82, 2.24) is 20.2 Å². The van der Waals surface area contributed by atoms with Crippen molar-refractivity contribution in [1.29, 1.82) is 0 Å². The first kappa shape index (κ1) is 7.55. The van der Waals surface area contributed by atoms with E-state index in [1.165, 1.54) is 4.68 Å². The van der Waals surface area contributed by atoms with Gasteiger partial charge < -0.3 is 4.42 Å². The fourth-order valence-corrected chi connectivity index (χ4v) is 0.980. The molecular formula is C8H6N4O. The first-order valence-corrected chi connectivity index (χ1v) is 3.65. The average molecular weight is 174 g/mol. The number of hydrogen-bond acceptors (Lipinski definition) is 4. The third-order valence-corrected chi connectivity index (χ3v) is 1.51. The third-order valence-electron chi connectivity index (χ3n) is 1.51. The van der Waals surface area contributed by atoms with Crippen molar-refractivity contribution in [2.24, 2.45) is 0 Å². The van der Waals surface area contributed by atoms with Crippen molar-refractivity contribution >= 4 is 0 Å². The monoisotopic (exact) mass is 174 g/mol. The van der Waals surface area contributed by atoms with Gasteiger partial charge in [0.25, 0.3) is 0 Å². The van der Waals surface area contributed by atoms with Crippen LogP contribution in [0.3, 0.4) is 0 Å². The van der Waals surface area contributed by atoms with Crippen LogP contribution in [0.2, 0.25) is 0 Å². The van der Waals surface area contributed by atoms with E-state index in [0.29, 0.717) is 18.1 Å². The number of rotatable bonds is 2. The molecule has 0 N–H and O–H groups in total. The van der Waals surface area contributed by atoms with Gasteiger partial charge in [-0.05, 0) is 22.6 Å². The molecule has 0 aliphatic carbocycles. The van der Waals surface area contributed by atoms with Crippen LogP contribution in [0, 0.1) is 12.3 Å². The molecule has 0 saturated carbocycles. The van der Waals surface area contributed by atoms with E-state index in [1.54, 1.807) is 18.4 Å². The molecule has 0 bridgehead atoms. The number of nitrogens with zero attached hydrogens (tertiary/aromatic N) is 4. The van der Waals surface area contributed by atoms with E-state index < -0.39 is 0 Å². The summed E-state index contributed by atoms with van der Waals surface area (Å²) in [7, 11) is 0. The molecule has 2 heterocycles. The van der Waals surface area contributed by atoms with Gasteiger partial charge in [-0.15, -0.1) is 11.5 Å². The molecule has 0 spiro atoms. The van der Waals surface area contributed by atoms with Crippen LogP contribution in [-0.2, 0) is 6.54 Å². The van der Waals surface area contributed by atoms with Gasteiger partial charge in [0.05, 0.1) is 6.26 Å². The van der Waals surface area contributed by atoms with E-state index >= 15 is 0 Å². The lowest BCUT2D eigenvalue weighted by atomic mass is 10.4. The standard InChI is InChI=1S/C8H6N4O/c1-2-5-12-8(9-10-11-12)7-4-3-6-13-7/h1,3-4,6H,5H2. The van der Waals surface area contributed by atoms with Crippen LogP contribution in [0.5, 0.6) is 0 Å². The fraction of sp³-hybridized carbons (Fsp3) is 0.125. The summed E-state index contributed by atoms with van der Waals surface area (Å²) in [5.74, 6) is 3.61. The Balaban J connectivity index is 2.42. The highest BCUT2D eigenvalue weighted by Gasteiger charge is 2.09. The summed E-state index contributed by atoms with van der Waals surface area (Å²) < 4.78 is 6.63. The Morgan fingerprint density at radius 2 is 2.54 bits per heavy atom. The summed E-state index contributed by atoms with van der Waals surface area (Å²) in [5, 5.41) is 11.0. The Labute approximate surface area is 74.4 Å². The maximum Gasteiger partial charge on any atom is 0.218 e. The van der Waals surface area contributed by atoms with Crippen molar-refractivity contribution in [3.63, 3.8) is 0 Å². The lowest BCUT2D eigenvalue weighted by Crippen LogP contribution is -2.00. The number of furan rings is 1. The van der Waals surface area contributed by atoms with Crippen LogP contribution in [-0.4, -0.2) is 20.2 Å². The predicted octanol–water partition coefficient (Wildman–Crippen LogP) is 0.566. The summed E-state index contributed by atoms with van der Waals surface area (Å²) in [6, 6.07) is 3.54. The maximum absolute atomic E-state index is 5.15. The Bertz CT molecular complexity index is 423. The number of hydrogen-bond donors (Lipinski definition) is 0. The maximum atomic E-state index is 5.15. The van der Waals surface area contributed by atoms with Crippen molar-refractivity contribution in [3.8, 4) is 23.9 Å². The lowest BCUT2D eigenvalue weighted by molar-refractivity contribution is 0.567. The molecule has 2 rings (SSSR count). The number of tetrazole rings is 1. The van der Waals surface area contributed by atoms with Gasteiger partial charge in [-0.2, -0.15) is 0 Å². The van der Waals surface area contributed by atoms with Gasteiger partial charge in [-0.25, -0.2) is 4.68 Å². The molecule has 0 atom stereocenters. The minimum absolute atomic E-state index is 0.336. The van der Waals surface area contributed by atoms with Crippen molar-refractivity contribution in [2.75, 3.05) is 0 Å². The van der Waals surface area contributed by atoms with Crippen molar-refractivity contribution in [3.05, 3.63) is 18.4 Å². The fourth-order valence-electron chi connectivity index (χ4n) is 0.980. The smallest absolute Gasteiger partial charge is 0.218 e. The van der Waals surface area contributed by atoms with E-state index in [0.717, 1.165) is 0 Å². The van der Waals surface area contributed by atoms with Gasteiger partial charge in [0.2, 0.25) is 5.82 Å². The summed E-state index contributed by atoms with van der Waals surface area (Å²) in [5.41, 5.74) is 0. The van der Waals surface area contributed by atoms with E-state index in [4.69, 9.17) is 10.8 Å². The van der Waals surface area contributed by atoms with Crippen molar-refractivity contribution < 1.29 is 4.42 Å². The zero-order valence-corrected chi connectivity index (χ0v) is 6.71. The SMILES string of the molecule is C#CCn1nnnc1-c1ccco1. The van der Waals surface area contributed by atoms with E-state index in [1.807, 2.05) is 0 Å². The minimum Gasteiger partial charge on any atom is -0.461 e. The first-order valence-electron chi connectivity index (χ1n) is 3.65. The van der Waals surface area contributed by atoms with Gasteiger partial charge in [-0.1, -0.05) is 5.92 Å². The molecule has 0 radical (unpaired) electrons. The molecular weight excluding hydrogens is 168 g/mol. The lowest BCUT2D eigenvalue weighted by Gasteiger charge is -1.94. The average Bonchev–Trinajstić information content (AvgIpc) is 2.71. The van der Waals surface area contributed by atoms with Gasteiger partial charge in [0, 0.05) is 0 Å². The normalized spacial score (nSPS) is 9.77. The third kappa shape index (κ3) is 1.29. The highest BCUT2D eigenvalue weighted by atomic mass is 16.3. The Morgan fingerprint density at radius 1 is 1.62 bits per heavy atom. The quantitative estimate of drug-likeness (QED) is 0.624. The highest BCUT2D eigenvalue weighted by molar-refractivity contribution is 5.45. The second-order valence-corrected chi connectivity index (χ2v) is 2.34. The second kappa shape index (κ2) is 3.11. The summed E-state index contributed by atoms with van der Waals surface area (Å²) in [6.07, 6.45) is 6.70. The summed E-state index contributed by atoms with van der Waals surface area (Å²) in [6.45, 7) is 0.336. The number of terminal acetylenes is 1. The second-order valence-electron chi connectivity index (χ2n) is 2.34. The van der Waals surface area contributed by atoms with Crippen LogP contribution >= 0.6 is 0 Å². The molecule has 2 aromatic heterocycles. The first-order chi connectivity index (χ1) is 6.42. The molecule has 2 aromatic rings. The largest absolute Gasteiger partial charge is 0.461 e. The molecule has 13 heavy (non-hydrogen) atoms. The molecule has 0 saturated heterocycles. The van der Waals surface area contributed by atoms with Crippen molar-refractivity contribution in [2.45, 2.75) is 6.54 Å². The molecule has 0 fully saturated rings. The van der Waals surface area contributed by atoms with Crippen LogP contribution in [0.4, 0.5) is 0 Å². The van der Waals surface area contributed by atoms with Crippen LogP contribution in [0.25, 0.3) is 11.6 Å². The van der Waals surface area contributed by atoms with Crippen LogP contribution in [0.15, 0.2) is 22.8 Å². The molecule has 0 aliphatic heterocycles. The summed E-state index contributed by atoms with van der Waals surface area (Å²) >= 11 is 0. The van der Waals surface area contributed by atoms with Gasteiger partial charge in [-0.3, -0.25) is 0 Å². The van der Waals surface area contributed by atoms with Gasteiger partial charge >= 0.3 is 0 Å². The highest BCUT2D eigenvalue weighted by Crippen LogP contribution is 2.14. The summed E-state index contributed by atoms with van der Waals surface area (Å²) in [4.78, 5) is 0. The molecule has 64 valence electrons. The molecule has 0 amide bonds. The Hall–Kier alpha value is -2.09. The molecule has 5 heteroatoms. The zero-order chi connectivity index (χ0) is 9.10. The van der Waals surface area contributed by atoms with Crippen LogP contribution < -0.4 is 0 Å². The Morgan fingerprint density at radius 3 is 3.23 bits per heavy atom. The Kier molecular flexibility index (Phi) is 1.81. The molecule has 0 aromatic carbocycles. The topological polar surface area (TPSA) is 56.7 Å². The van der Waals surface area contributed by atoms with E-state index in [9.17, 15) is 0 Å². The molecule has 0 unspecified atom stereocenters. The van der Waals surface area contributed by atoms with Gasteiger partial charge in [0.1, 0.15) is 6.54 Å². The predicted molar refractivity (Wildman–Crippen MR) is 44.4 cm³/mol. The number of aromatic nitrogens is 4.